The van der Waals surface area contributed by atoms with Gasteiger partial charge in [-0.3, -0.25) is 14.7 Å². The van der Waals surface area contributed by atoms with Crippen molar-refractivity contribution >= 4 is 23.8 Å². The summed E-state index contributed by atoms with van der Waals surface area (Å²) in [6.07, 6.45) is 17.3. The van der Waals surface area contributed by atoms with Crippen LogP contribution in [0.1, 0.15) is 30.4 Å². The molecule has 1 fully saturated rings. The van der Waals surface area contributed by atoms with Gasteiger partial charge in [0.15, 0.2) is 0 Å². The maximum atomic E-state index is 12.4. The summed E-state index contributed by atoms with van der Waals surface area (Å²) in [7, 11) is 0. The molecular formula is C25H29N5O2. The minimum atomic E-state index is -0.398. The number of allylic oxidation sites excluding steroid dienone is 2. The fourth-order valence-electron chi connectivity index (χ4n) is 3.71. The Morgan fingerprint density at radius 1 is 1.44 bits per heavy atom. The molecule has 2 unspecified atom stereocenters. The third kappa shape index (κ3) is 6.77. The van der Waals surface area contributed by atoms with Crippen LogP contribution in [0, 0.1) is 17.3 Å². The first-order chi connectivity index (χ1) is 15.6. The van der Waals surface area contributed by atoms with Gasteiger partial charge >= 0.3 is 0 Å². The fourth-order valence-corrected chi connectivity index (χ4v) is 3.71. The second-order valence-electron chi connectivity index (χ2n) is 7.80. The average Bonchev–Trinajstić information content (AvgIpc) is 3.14. The second-order valence-corrected chi connectivity index (χ2v) is 7.80. The molecule has 1 aromatic heterocycles. The topological polar surface area (TPSA) is 115 Å². The normalized spacial score (nSPS) is 21.8. The Labute approximate surface area is 188 Å². The van der Waals surface area contributed by atoms with Crippen LogP contribution in [-0.2, 0) is 4.79 Å². The van der Waals surface area contributed by atoms with Gasteiger partial charge in [-0.2, -0.15) is 0 Å². The molecule has 166 valence electrons. The van der Waals surface area contributed by atoms with Crippen LogP contribution in [0.25, 0.3) is 11.6 Å². The fraction of sp³-hybridized carbons (Fsp3) is 0.320. The highest BCUT2D eigenvalue weighted by atomic mass is 16.3. The molecule has 1 aliphatic heterocycles. The number of nitrogens with two attached hydrogens (primary N) is 1. The predicted molar refractivity (Wildman–Crippen MR) is 127 cm³/mol. The Bertz CT molecular complexity index is 1010. The number of β-amino-alcohol motifs (C(OH)–C–C–N with tert-alkyl or cyclic N) is 1. The summed E-state index contributed by atoms with van der Waals surface area (Å²) in [4.78, 5) is 18.8. The number of nitrogens with zero attached hydrogens (tertiary/aromatic N) is 2. The summed E-state index contributed by atoms with van der Waals surface area (Å²) in [6.45, 7) is 2.38. The Morgan fingerprint density at radius 3 is 3.12 bits per heavy atom. The quantitative estimate of drug-likeness (QED) is 0.299. The molecule has 2 atom stereocenters. The maximum Gasteiger partial charge on any atom is 0.245 e. The number of carbonyl (C=O) groups is 1. The lowest BCUT2D eigenvalue weighted by Crippen LogP contribution is -2.32. The number of nitrogens with one attached hydrogen (secondary N) is 2. The molecule has 0 aromatic carbocycles. The van der Waals surface area contributed by atoms with E-state index in [2.05, 4.69) is 27.0 Å². The third-order valence-electron chi connectivity index (χ3n) is 5.35. The summed E-state index contributed by atoms with van der Waals surface area (Å²) in [5.41, 5.74) is 8.60. The van der Waals surface area contributed by atoms with Gasteiger partial charge in [0.25, 0.3) is 0 Å². The maximum absolute atomic E-state index is 12.4. The first-order valence-electron chi connectivity index (χ1n) is 10.7. The molecule has 0 spiro atoms. The molecule has 7 heteroatoms. The van der Waals surface area contributed by atoms with Gasteiger partial charge < -0.3 is 21.6 Å². The van der Waals surface area contributed by atoms with Crippen molar-refractivity contribution in [3.05, 3.63) is 65.7 Å². The molecule has 0 bridgehead atoms. The van der Waals surface area contributed by atoms with Gasteiger partial charge in [0.2, 0.25) is 5.91 Å². The van der Waals surface area contributed by atoms with E-state index in [4.69, 9.17) is 11.1 Å². The van der Waals surface area contributed by atoms with Crippen LogP contribution in [-0.4, -0.2) is 58.9 Å². The van der Waals surface area contributed by atoms with Gasteiger partial charge in [0.1, 0.15) is 6.04 Å². The van der Waals surface area contributed by atoms with E-state index >= 15 is 0 Å². The summed E-state index contributed by atoms with van der Waals surface area (Å²) in [6, 6.07) is 1.35. The summed E-state index contributed by atoms with van der Waals surface area (Å²) in [5.74, 6) is 5.77. The van der Waals surface area contributed by atoms with E-state index in [0.29, 0.717) is 17.7 Å². The van der Waals surface area contributed by atoms with Crippen LogP contribution in [0.3, 0.4) is 0 Å². The van der Waals surface area contributed by atoms with E-state index in [9.17, 15) is 9.90 Å². The Morgan fingerprint density at radius 2 is 2.31 bits per heavy atom. The largest absolute Gasteiger partial charge is 0.404 e. The summed E-state index contributed by atoms with van der Waals surface area (Å²) in [5, 5.41) is 20.4. The molecule has 1 amide bonds. The van der Waals surface area contributed by atoms with Gasteiger partial charge in [-0.15, -0.1) is 0 Å². The number of likely N-dealkylation sites (tertiary alicyclic amines) is 1. The number of aliphatic hydroxyl groups excluding tert-OH is 1. The molecule has 2 heterocycles. The van der Waals surface area contributed by atoms with E-state index in [-0.39, 0.29) is 12.0 Å². The van der Waals surface area contributed by atoms with Crippen LogP contribution in [0.4, 0.5) is 0 Å². The molecule has 1 saturated heterocycles. The highest BCUT2D eigenvalue weighted by molar-refractivity contribution is 6.09. The van der Waals surface area contributed by atoms with E-state index < -0.39 is 6.04 Å². The Hall–Kier alpha value is -3.47. The highest BCUT2D eigenvalue weighted by Crippen LogP contribution is 2.17. The molecule has 1 aliphatic carbocycles. The molecule has 2 aliphatic rings. The number of hydrogen-bond donors (Lipinski definition) is 4. The first kappa shape index (κ1) is 23.2. The van der Waals surface area contributed by atoms with Crippen LogP contribution < -0.4 is 11.1 Å². The third-order valence-corrected chi connectivity index (χ3v) is 5.35. The van der Waals surface area contributed by atoms with Crippen molar-refractivity contribution in [3.8, 4) is 11.8 Å². The van der Waals surface area contributed by atoms with Crippen molar-refractivity contribution in [2.45, 2.75) is 31.4 Å². The SMILES string of the molecule is N=CC(=CN)c1ccncc1/C=C/C(=O)NC1C#CC=C(CN2CCCCC(O)C2)C=C1. The van der Waals surface area contributed by atoms with E-state index in [0.717, 1.165) is 49.7 Å². The zero-order valence-electron chi connectivity index (χ0n) is 18.0. The lowest BCUT2D eigenvalue weighted by molar-refractivity contribution is -0.116. The average molecular weight is 432 g/mol. The smallest absolute Gasteiger partial charge is 0.245 e. The molecule has 32 heavy (non-hydrogen) atoms. The highest BCUT2D eigenvalue weighted by Gasteiger charge is 2.16. The zero-order valence-corrected chi connectivity index (χ0v) is 18.0. The van der Waals surface area contributed by atoms with Crippen molar-refractivity contribution in [3.63, 3.8) is 0 Å². The Balaban J connectivity index is 1.58. The second kappa shape index (κ2) is 11.8. The molecular weight excluding hydrogens is 402 g/mol. The minimum absolute atomic E-state index is 0.270. The van der Waals surface area contributed by atoms with Crippen molar-refractivity contribution in [2.24, 2.45) is 5.73 Å². The monoisotopic (exact) mass is 431 g/mol. The van der Waals surface area contributed by atoms with Crippen molar-refractivity contribution in [2.75, 3.05) is 19.6 Å². The Kier molecular flexibility index (Phi) is 8.55. The van der Waals surface area contributed by atoms with Crippen molar-refractivity contribution < 1.29 is 9.90 Å². The lowest BCUT2D eigenvalue weighted by atomic mass is 10.0. The van der Waals surface area contributed by atoms with Gasteiger partial charge in [-0.1, -0.05) is 17.9 Å². The summed E-state index contributed by atoms with van der Waals surface area (Å²) < 4.78 is 0. The molecule has 5 N–H and O–H groups in total. The lowest BCUT2D eigenvalue weighted by Gasteiger charge is -2.22. The van der Waals surface area contributed by atoms with Gasteiger partial charge in [0.05, 0.1) is 6.10 Å². The molecule has 0 saturated carbocycles. The van der Waals surface area contributed by atoms with Gasteiger partial charge in [-0.05, 0) is 61.2 Å². The summed E-state index contributed by atoms with van der Waals surface area (Å²) >= 11 is 0. The van der Waals surface area contributed by atoms with Gasteiger partial charge in [-0.25, -0.2) is 0 Å². The zero-order chi connectivity index (χ0) is 22.8. The molecule has 1 aromatic rings. The number of aliphatic hydroxyl groups is 1. The number of rotatable bonds is 7. The van der Waals surface area contributed by atoms with Crippen LogP contribution in [0.2, 0.25) is 0 Å². The predicted octanol–water partition coefficient (Wildman–Crippen LogP) is 1.88. The van der Waals surface area contributed by atoms with E-state index in [1.54, 1.807) is 24.5 Å². The van der Waals surface area contributed by atoms with Crippen molar-refractivity contribution in [1.82, 2.24) is 15.2 Å². The van der Waals surface area contributed by atoms with Crippen LogP contribution in [0.5, 0.6) is 0 Å². The van der Waals surface area contributed by atoms with Gasteiger partial charge in [0, 0.05) is 55.1 Å². The first-order valence-corrected chi connectivity index (χ1v) is 10.7. The molecule has 3 rings (SSSR count). The van der Waals surface area contributed by atoms with Crippen LogP contribution in [0.15, 0.2) is 54.5 Å². The number of carbonyl (C=O) groups excluding carboxylic acids is 1. The van der Waals surface area contributed by atoms with Crippen LogP contribution >= 0.6 is 0 Å². The number of amides is 1. The number of aromatic nitrogens is 1. The van der Waals surface area contributed by atoms with Crippen molar-refractivity contribution in [1.29, 1.82) is 5.41 Å². The van der Waals surface area contributed by atoms with E-state index in [1.807, 2.05) is 18.2 Å². The van der Waals surface area contributed by atoms with E-state index in [1.165, 1.54) is 12.3 Å². The molecule has 7 nitrogen and oxygen atoms in total. The number of hydrogen-bond acceptors (Lipinski definition) is 6. The number of pyridine rings is 1. The standard InChI is InChI=1S/C25H29N5O2/c26-14-21(15-27)24-11-12-28-16-20(24)8-10-25(32)29-22-5-3-4-19(7-9-22)17-30-13-2-1-6-23(31)18-30/h4,7-12,14-16,22-23,26,31H,1-2,6,13,17-18,27H2,(H,29,32)/b10-8+,21-15?,26-14?. The molecule has 0 radical (unpaired) electrons. The minimum Gasteiger partial charge on any atom is -0.404 e.